The van der Waals surface area contributed by atoms with Crippen LogP contribution in [0.2, 0.25) is 0 Å². The fourth-order valence-corrected chi connectivity index (χ4v) is 7.02. The zero-order valence-corrected chi connectivity index (χ0v) is 38.8. The number of aryl methyl sites for hydroxylation is 1. The van der Waals surface area contributed by atoms with Crippen molar-refractivity contribution in [3.05, 3.63) is 41.7 Å². The van der Waals surface area contributed by atoms with E-state index in [-0.39, 0.29) is 79.7 Å². The zero-order valence-electron chi connectivity index (χ0n) is 38.0. The number of imide groups is 1. The van der Waals surface area contributed by atoms with E-state index in [2.05, 4.69) is 31.6 Å². The number of hydrogen-bond donors (Lipinski definition) is 5. The van der Waals surface area contributed by atoms with E-state index in [1.54, 1.807) is 49.0 Å². The highest BCUT2D eigenvalue weighted by atomic mass is 32.2. The van der Waals surface area contributed by atoms with Crippen molar-refractivity contribution < 1.29 is 56.2 Å². The molecule has 1 saturated heterocycles. The number of sulfone groups is 1. The minimum Gasteiger partial charge on any atom is -0.444 e. The summed E-state index contributed by atoms with van der Waals surface area (Å²) in [4.78, 5) is 102. The van der Waals surface area contributed by atoms with Crippen LogP contribution in [0.1, 0.15) is 90.8 Å². The van der Waals surface area contributed by atoms with Crippen LogP contribution in [0.15, 0.2) is 30.5 Å². The molecule has 6 N–H and O–H groups in total. The number of unbranched alkanes of at least 4 members (excludes halogenated alkanes) is 2. The van der Waals surface area contributed by atoms with Crippen molar-refractivity contribution in [2.75, 3.05) is 43.8 Å². The summed E-state index contributed by atoms with van der Waals surface area (Å²) in [6.07, 6.45) is 4.78. The van der Waals surface area contributed by atoms with Gasteiger partial charge in [0.05, 0.1) is 18.5 Å². The molecule has 1 unspecified atom stereocenters. The summed E-state index contributed by atoms with van der Waals surface area (Å²) >= 11 is 0. The Hall–Kier alpha value is -5.97. The first kappa shape index (κ1) is 53.4. The van der Waals surface area contributed by atoms with Crippen LogP contribution in [0.5, 0.6) is 0 Å². The lowest BCUT2D eigenvalue weighted by molar-refractivity contribution is -0.140. The third kappa shape index (κ3) is 19.4. The molecule has 65 heavy (non-hydrogen) atoms. The first-order chi connectivity index (χ1) is 30.6. The van der Waals surface area contributed by atoms with Crippen LogP contribution >= 0.6 is 0 Å². The molecule has 2 aromatic rings. The topological polar surface area (TPSA) is 300 Å². The summed E-state index contributed by atoms with van der Waals surface area (Å²) in [5, 5.41) is 19.0. The molecule has 1 aliphatic heterocycles. The van der Waals surface area contributed by atoms with Gasteiger partial charge in [-0.2, -0.15) is 0 Å². The minimum atomic E-state index is -3.41. The number of likely N-dealkylation sites (tertiary alicyclic amines) is 1. The van der Waals surface area contributed by atoms with Crippen LogP contribution in [0.4, 0.5) is 10.5 Å². The van der Waals surface area contributed by atoms with Crippen LogP contribution in [0.3, 0.4) is 0 Å². The van der Waals surface area contributed by atoms with Crippen molar-refractivity contribution in [1.29, 1.82) is 0 Å². The van der Waals surface area contributed by atoms with Crippen molar-refractivity contribution in [2.24, 2.45) is 23.5 Å². The smallest absolute Gasteiger partial charge is 0.411 e. The summed E-state index contributed by atoms with van der Waals surface area (Å²) in [5.41, 5.74) is 6.51. The molecule has 360 valence electrons. The maximum atomic E-state index is 13.2. The Labute approximate surface area is 379 Å². The molecule has 3 rings (SSSR count). The Morgan fingerprint density at radius 2 is 1.60 bits per heavy atom. The average molecular weight is 933 g/mol. The fraction of sp³-hybridized carbons (Fsp3) is 0.619. The number of hydrogen-bond acceptors (Lipinski definition) is 14. The number of carbonyl (C=O) groups is 8. The van der Waals surface area contributed by atoms with E-state index in [1.807, 2.05) is 13.8 Å². The quantitative estimate of drug-likeness (QED) is 0.0452. The van der Waals surface area contributed by atoms with Crippen molar-refractivity contribution in [3.8, 4) is 0 Å². The number of carbonyl (C=O) groups excluding carboxylic acids is 8. The van der Waals surface area contributed by atoms with E-state index in [0.717, 1.165) is 11.2 Å². The Bertz CT molecular complexity index is 2080. The number of benzene rings is 1. The lowest BCUT2D eigenvalue weighted by Gasteiger charge is -2.24. The van der Waals surface area contributed by atoms with Gasteiger partial charge in [0.25, 0.3) is 0 Å². The van der Waals surface area contributed by atoms with Crippen molar-refractivity contribution >= 4 is 63.0 Å². The van der Waals surface area contributed by atoms with Gasteiger partial charge in [-0.25, -0.2) is 13.2 Å². The first-order valence-corrected chi connectivity index (χ1v) is 23.6. The number of anilines is 1. The SMILES string of the molecule is CC(C)C1CC(=O)N(CCCCCC(=O)NCc2cn(CCCC(=O)N[C@H](C(=O)N[C@@H](C)C(=O)Nc3ccc(COC(=O)N(CCS(C)(=O)=O)COCC(N)=O)cc3)C(C)C)nn2)C1=O. The van der Waals surface area contributed by atoms with Gasteiger partial charge in [-0.15, -0.1) is 5.10 Å². The number of rotatable bonds is 28. The zero-order chi connectivity index (χ0) is 48.3. The number of nitrogens with two attached hydrogens (primary N) is 1. The van der Waals surface area contributed by atoms with Crippen molar-refractivity contribution in [2.45, 2.75) is 111 Å². The molecule has 1 fully saturated rings. The Balaban J connectivity index is 1.35. The van der Waals surface area contributed by atoms with Crippen molar-refractivity contribution in [1.82, 2.24) is 40.7 Å². The summed E-state index contributed by atoms with van der Waals surface area (Å²) in [5.74, 6) is -3.38. The summed E-state index contributed by atoms with van der Waals surface area (Å²) < 4.78 is 35.1. The Morgan fingerprint density at radius 1 is 0.908 bits per heavy atom. The standard InChI is InChI=1S/C42H64N10O12S/c1-27(2)33-21-37(56)52(41(33)59)18-9-7-8-11-35(54)44-22-32-23-51(49-48-32)17-10-12-36(55)47-38(28(3)4)40(58)45-29(5)39(57)46-31-15-13-30(14-16-31)24-64-42(60)50(19-20-65(6,61)62)26-63-25-34(43)53/h13-16,23,27-29,33,38H,7-12,17-22,24-26H2,1-6H3,(H2,43,53)(H,44,54)(H,45,58)(H,46,57)(H,47,55)/t29-,33?,38-/m0/s1. The molecule has 0 bridgehead atoms. The van der Waals surface area contributed by atoms with E-state index in [4.69, 9.17) is 15.2 Å². The van der Waals surface area contributed by atoms with Gasteiger partial charge in [0.2, 0.25) is 41.4 Å². The van der Waals surface area contributed by atoms with Gasteiger partial charge < -0.3 is 36.5 Å². The maximum Gasteiger partial charge on any atom is 0.411 e. The summed E-state index contributed by atoms with van der Waals surface area (Å²) in [7, 11) is -3.41. The lowest BCUT2D eigenvalue weighted by atomic mass is 9.94. The number of nitrogens with one attached hydrogen (secondary N) is 4. The van der Waals surface area contributed by atoms with Gasteiger partial charge in [-0.3, -0.25) is 48.0 Å². The lowest BCUT2D eigenvalue weighted by Crippen LogP contribution is -2.53. The van der Waals surface area contributed by atoms with Gasteiger partial charge in [-0.05, 0) is 55.7 Å². The number of ether oxygens (including phenoxy) is 2. The molecule has 3 atom stereocenters. The molecule has 1 aliphatic rings. The highest BCUT2D eigenvalue weighted by Crippen LogP contribution is 2.26. The van der Waals surface area contributed by atoms with E-state index < -0.39 is 59.1 Å². The molecule has 0 spiro atoms. The Kier molecular flexibility index (Phi) is 21.4. The second-order valence-corrected chi connectivity index (χ2v) is 19.0. The van der Waals surface area contributed by atoms with Crippen LogP contribution in [-0.4, -0.2) is 131 Å². The predicted molar refractivity (Wildman–Crippen MR) is 235 cm³/mol. The van der Waals surface area contributed by atoms with E-state index in [0.29, 0.717) is 62.1 Å². The Morgan fingerprint density at radius 3 is 2.23 bits per heavy atom. The molecule has 1 aromatic heterocycles. The first-order valence-electron chi connectivity index (χ1n) is 21.6. The second-order valence-electron chi connectivity index (χ2n) is 16.7. The largest absolute Gasteiger partial charge is 0.444 e. The van der Waals surface area contributed by atoms with E-state index >= 15 is 0 Å². The van der Waals surface area contributed by atoms with Crippen LogP contribution in [-0.2, 0) is 72.6 Å². The number of aromatic nitrogens is 3. The molecule has 23 heteroatoms. The third-order valence-corrected chi connectivity index (χ3v) is 11.2. The van der Waals surface area contributed by atoms with Crippen LogP contribution in [0, 0.1) is 17.8 Å². The average Bonchev–Trinajstić information content (AvgIpc) is 3.81. The molecule has 0 saturated carbocycles. The van der Waals surface area contributed by atoms with Crippen LogP contribution < -0.4 is 27.0 Å². The van der Waals surface area contributed by atoms with E-state index in [9.17, 15) is 46.8 Å². The van der Waals surface area contributed by atoms with Gasteiger partial charge in [0.1, 0.15) is 47.6 Å². The maximum absolute atomic E-state index is 13.2. The molecular weight excluding hydrogens is 869 g/mol. The summed E-state index contributed by atoms with van der Waals surface area (Å²) in [6, 6.07) is 4.39. The third-order valence-electron chi connectivity index (χ3n) is 10.3. The fourth-order valence-electron chi connectivity index (χ4n) is 6.47. The van der Waals surface area contributed by atoms with Gasteiger partial charge in [0, 0.05) is 56.8 Å². The monoisotopic (exact) mass is 932 g/mol. The van der Waals surface area contributed by atoms with Crippen molar-refractivity contribution in [3.63, 3.8) is 0 Å². The highest BCUT2D eigenvalue weighted by molar-refractivity contribution is 7.90. The number of primary amides is 1. The molecule has 0 radical (unpaired) electrons. The molecule has 8 amide bonds. The number of nitrogens with zero attached hydrogens (tertiary/aromatic N) is 5. The van der Waals surface area contributed by atoms with Gasteiger partial charge in [0.15, 0.2) is 0 Å². The molecule has 2 heterocycles. The second kappa shape index (κ2) is 26.1. The molecule has 0 aliphatic carbocycles. The molecule has 22 nitrogen and oxygen atoms in total. The van der Waals surface area contributed by atoms with Crippen LogP contribution in [0.25, 0.3) is 0 Å². The van der Waals surface area contributed by atoms with E-state index in [1.165, 1.54) is 11.8 Å². The predicted octanol–water partition coefficient (Wildman–Crippen LogP) is 0.993. The highest BCUT2D eigenvalue weighted by Gasteiger charge is 2.39. The molecule has 1 aromatic carbocycles. The van der Waals surface area contributed by atoms with Gasteiger partial charge in [-0.1, -0.05) is 51.5 Å². The minimum absolute atomic E-state index is 0.0822. The summed E-state index contributed by atoms with van der Waals surface area (Å²) in [6.45, 7) is 8.48. The normalized spacial score (nSPS) is 14.8. The molecular formula is C42H64N10O12S. The number of amides is 8. The van der Waals surface area contributed by atoms with Gasteiger partial charge >= 0.3 is 6.09 Å².